The maximum absolute atomic E-state index is 11.5. The van der Waals surface area contributed by atoms with Crippen molar-refractivity contribution in [2.45, 2.75) is 25.4 Å². The molecule has 0 aromatic rings. The Morgan fingerprint density at radius 1 is 1.35 bits per heavy atom. The Morgan fingerprint density at radius 2 is 2.18 bits per heavy atom. The molecule has 0 bridgehead atoms. The van der Waals surface area contributed by atoms with Gasteiger partial charge in [0, 0.05) is 24.9 Å². The van der Waals surface area contributed by atoms with Crippen molar-refractivity contribution >= 4 is 18.3 Å². The lowest BCUT2D eigenvalue weighted by atomic mass is 9.85. The predicted octanol–water partition coefficient (Wildman–Crippen LogP) is 0.559. The number of nitrogens with one attached hydrogen (secondary N) is 2. The topological polar surface area (TPSA) is 50.4 Å². The van der Waals surface area contributed by atoms with Gasteiger partial charge in [0.1, 0.15) is 0 Å². The minimum Gasteiger partial charge on any atom is -0.376 e. The summed E-state index contributed by atoms with van der Waals surface area (Å²) < 4.78 is 5.80. The second kappa shape index (κ2) is 5.55. The molecule has 3 atom stereocenters. The summed E-state index contributed by atoms with van der Waals surface area (Å²) in [6, 6.07) is 0. The number of fused-ring (bicyclic) bond motifs is 1. The summed E-state index contributed by atoms with van der Waals surface area (Å²) >= 11 is 0. The molecule has 3 rings (SSSR count). The molecule has 0 aromatic carbocycles. The van der Waals surface area contributed by atoms with Gasteiger partial charge in [-0.1, -0.05) is 0 Å². The van der Waals surface area contributed by atoms with Crippen molar-refractivity contribution in [1.82, 2.24) is 10.6 Å². The number of ether oxygens (including phenoxy) is 1. The van der Waals surface area contributed by atoms with E-state index in [0.717, 1.165) is 32.5 Å². The fraction of sp³-hybridized carbons (Fsp3) is 0.917. The molecule has 1 amide bonds. The molecular formula is C12H21ClN2O2. The maximum Gasteiger partial charge on any atom is 0.223 e. The minimum atomic E-state index is 0. The van der Waals surface area contributed by atoms with E-state index < -0.39 is 0 Å². The molecule has 2 saturated heterocycles. The van der Waals surface area contributed by atoms with Crippen LogP contribution in [0.3, 0.4) is 0 Å². The number of rotatable bonds is 3. The monoisotopic (exact) mass is 260 g/mol. The van der Waals surface area contributed by atoms with Gasteiger partial charge < -0.3 is 15.4 Å². The van der Waals surface area contributed by atoms with E-state index in [2.05, 4.69) is 10.6 Å². The first-order valence-electron chi connectivity index (χ1n) is 6.44. The molecule has 0 unspecified atom stereocenters. The molecule has 98 valence electrons. The molecular weight excluding hydrogens is 240 g/mol. The van der Waals surface area contributed by atoms with Gasteiger partial charge in [0.25, 0.3) is 0 Å². The van der Waals surface area contributed by atoms with Crippen LogP contribution < -0.4 is 10.6 Å². The van der Waals surface area contributed by atoms with Gasteiger partial charge in [-0.2, -0.15) is 0 Å². The molecule has 2 heterocycles. The normalized spacial score (nSPS) is 35.9. The van der Waals surface area contributed by atoms with Crippen molar-refractivity contribution in [3.63, 3.8) is 0 Å². The molecule has 0 spiro atoms. The SMILES string of the molecule is Cl.O=C(NC[C@H]1OC[C@@H]2CCNC[C@@H]21)C1CC1. The molecule has 4 nitrogen and oxygen atoms in total. The number of amides is 1. The average Bonchev–Trinajstić information content (AvgIpc) is 3.08. The zero-order valence-electron chi connectivity index (χ0n) is 9.98. The Morgan fingerprint density at radius 3 is 2.94 bits per heavy atom. The van der Waals surface area contributed by atoms with Crippen LogP contribution in [0.15, 0.2) is 0 Å². The molecule has 3 fully saturated rings. The standard InChI is InChI=1S/C12H20N2O2.ClH/c15-12(8-1-2-8)14-6-11-10-5-13-4-3-9(10)7-16-11;/h8-11,13H,1-7H2,(H,14,15);1H/t9-,10-,11+;/m0./s1. The highest BCUT2D eigenvalue weighted by atomic mass is 35.5. The number of carbonyl (C=O) groups is 1. The highest BCUT2D eigenvalue weighted by molar-refractivity contribution is 5.85. The second-order valence-electron chi connectivity index (χ2n) is 5.31. The molecule has 2 N–H and O–H groups in total. The summed E-state index contributed by atoms with van der Waals surface area (Å²) in [6.45, 7) is 3.76. The van der Waals surface area contributed by atoms with Crippen molar-refractivity contribution in [3.8, 4) is 0 Å². The van der Waals surface area contributed by atoms with Crippen molar-refractivity contribution in [2.24, 2.45) is 17.8 Å². The maximum atomic E-state index is 11.5. The fourth-order valence-corrected chi connectivity index (χ4v) is 2.85. The lowest BCUT2D eigenvalue weighted by Crippen LogP contribution is -2.43. The summed E-state index contributed by atoms with van der Waals surface area (Å²) in [5, 5.41) is 6.44. The highest BCUT2D eigenvalue weighted by Crippen LogP contribution is 2.32. The molecule has 0 aromatic heterocycles. The number of halogens is 1. The van der Waals surface area contributed by atoms with Gasteiger partial charge >= 0.3 is 0 Å². The van der Waals surface area contributed by atoms with Crippen molar-refractivity contribution in [3.05, 3.63) is 0 Å². The first kappa shape index (κ1) is 13.1. The lowest BCUT2D eigenvalue weighted by molar-refractivity contribution is -0.122. The number of hydrogen-bond donors (Lipinski definition) is 2. The van der Waals surface area contributed by atoms with Crippen LogP contribution in [-0.4, -0.2) is 38.3 Å². The largest absolute Gasteiger partial charge is 0.376 e. The van der Waals surface area contributed by atoms with Crippen LogP contribution >= 0.6 is 12.4 Å². The van der Waals surface area contributed by atoms with Crippen molar-refractivity contribution < 1.29 is 9.53 Å². The van der Waals surface area contributed by atoms with Crippen LogP contribution in [0, 0.1) is 17.8 Å². The Labute approximate surface area is 108 Å². The van der Waals surface area contributed by atoms with E-state index >= 15 is 0 Å². The molecule has 0 radical (unpaired) electrons. The van der Waals surface area contributed by atoms with Crippen LogP contribution in [0.1, 0.15) is 19.3 Å². The van der Waals surface area contributed by atoms with E-state index in [-0.39, 0.29) is 24.4 Å². The number of piperidine rings is 1. The van der Waals surface area contributed by atoms with Gasteiger partial charge in [-0.05, 0) is 31.7 Å². The Kier molecular flexibility index (Phi) is 4.28. The second-order valence-corrected chi connectivity index (χ2v) is 5.31. The lowest BCUT2D eigenvalue weighted by Gasteiger charge is -2.28. The summed E-state index contributed by atoms with van der Waals surface area (Å²) in [6.07, 6.45) is 3.61. The van der Waals surface area contributed by atoms with Crippen LogP contribution in [0.4, 0.5) is 0 Å². The summed E-state index contributed by atoms with van der Waals surface area (Å²) in [4.78, 5) is 11.5. The van der Waals surface area contributed by atoms with Crippen molar-refractivity contribution in [2.75, 3.05) is 26.2 Å². The zero-order valence-corrected chi connectivity index (χ0v) is 10.8. The van der Waals surface area contributed by atoms with Gasteiger partial charge in [0.15, 0.2) is 0 Å². The summed E-state index contributed by atoms with van der Waals surface area (Å²) in [7, 11) is 0. The van der Waals surface area contributed by atoms with Crippen molar-refractivity contribution in [1.29, 1.82) is 0 Å². The molecule has 17 heavy (non-hydrogen) atoms. The first-order chi connectivity index (χ1) is 7.84. The minimum absolute atomic E-state index is 0. The summed E-state index contributed by atoms with van der Waals surface area (Å²) in [5.74, 6) is 1.86. The van der Waals surface area contributed by atoms with Gasteiger partial charge in [-0.3, -0.25) is 4.79 Å². The molecule has 3 aliphatic rings. The molecule has 5 heteroatoms. The Balaban J connectivity index is 0.00000108. The predicted molar refractivity (Wildman–Crippen MR) is 67.2 cm³/mol. The van der Waals surface area contributed by atoms with E-state index in [4.69, 9.17) is 4.74 Å². The first-order valence-corrected chi connectivity index (χ1v) is 6.44. The molecule has 1 saturated carbocycles. The van der Waals surface area contributed by atoms with Crippen LogP contribution in [-0.2, 0) is 9.53 Å². The van der Waals surface area contributed by atoms with Gasteiger partial charge in [0.2, 0.25) is 5.91 Å². The van der Waals surface area contributed by atoms with Gasteiger partial charge in [-0.15, -0.1) is 12.4 Å². The summed E-state index contributed by atoms with van der Waals surface area (Å²) in [5.41, 5.74) is 0. The van der Waals surface area contributed by atoms with Gasteiger partial charge in [-0.25, -0.2) is 0 Å². The highest BCUT2D eigenvalue weighted by Gasteiger charge is 2.39. The van der Waals surface area contributed by atoms with Crippen LogP contribution in [0.25, 0.3) is 0 Å². The third-order valence-corrected chi connectivity index (χ3v) is 4.10. The zero-order chi connectivity index (χ0) is 11.0. The fourth-order valence-electron chi connectivity index (χ4n) is 2.85. The number of hydrogen-bond acceptors (Lipinski definition) is 3. The molecule has 2 aliphatic heterocycles. The van der Waals surface area contributed by atoms with Crippen LogP contribution in [0.2, 0.25) is 0 Å². The van der Waals surface area contributed by atoms with Gasteiger partial charge in [0.05, 0.1) is 12.7 Å². The smallest absolute Gasteiger partial charge is 0.223 e. The van der Waals surface area contributed by atoms with E-state index in [9.17, 15) is 4.79 Å². The number of carbonyl (C=O) groups excluding carboxylic acids is 1. The molecule has 1 aliphatic carbocycles. The van der Waals surface area contributed by atoms with E-state index in [1.54, 1.807) is 0 Å². The Bertz CT molecular complexity index is 284. The van der Waals surface area contributed by atoms with E-state index in [1.165, 1.54) is 6.42 Å². The third kappa shape index (κ3) is 2.92. The van der Waals surface area contributed by atoms with E-state index in [0.29, 0.717) is 24.3 Å². The average molecular weight is 261 g/mol. The quantitative estimate of drug-likeness (QED) is 0.780. The van der Waals surface area contributed by atoms with Crippen LogP contribution in [0.5, 0.6) is 0 Å². The van der Waals surface area contributed by atoms with E-state index in [1.807, 2.05) is 0 Å². The third-order valence-electron chi connectivity index (χ3n) is 4.10. The Hall–Kier alpha value is -0.320.